The molecule has 1 heterocycles. The summed E-state index contributed by atoms with van der Waals surface area (Å²) >= 11 is 0. The predicted molar refractivity (Wildman–Crippen MR) is 80.5 cm³/mol. The number of fused-ring (bicyclic) bond motifs is 1. The van der Waals surface area contributed by atoms with E-state index in [1.807, 2.05) is 0 Å². The fourth-order valence-electron chi connectivity index (χ4n) is 3.09. The van der Waals surface area contributed by atoms with E-state index in [1.54, 1.807) is 0 Å². The van der Waals surface area contributed by atoms with Crippen LogP contribution in [0.5, 0.6) is 5.75 Å². The molecule has 4 nitrogen and oxygen atoms in total. The van der Waals surface area contributed by atoms with Crippen molar-refractivity contribution in [2.45, 2.75) is 57.7 Å². The summed E-state index contributed by atoms with van der Waals surface area (Å²) in [6, 6.07) is 6.87. The number of hydrogen-bond donors (Lipinski definition) is 1. The van der Waals surface area contributed by atoms with Gasteiger partial charge in [0.2, 0.25) is 0 Å². The third-order valence-corrected chi connectivity index (χ3v) is 4.22. The zero-order valence-electron chi connectivity index (χ0n) is 12.8. The van der Waals surface area contributed by atoms with Crippen LogP contribution in [0.1, 0.15) is 44.2 Å². The second kappa shape index (κ2) is 5.34. The first-order chi connectivity index (χ1) is 9.94. The third-order valence-electron chi connectivity index (χ3n) is 4.22. The molecule has 1 aliphatic heterocycles. The number of carboxylic acids is 1. The lowest BCUT2D eigenvalue weighted by Gasteiger charge is -2.23. The molecule has 1 aromatic carbocycles. The molecule has 0 bridgehead atoms. The highest BCUT2D eigenvalue weighted by Gasteiger charge is 2.34. The smallest absolute Gasteiger partial charge is 0.304 e. The fourth-order valence-corrected chi connectivity index (χ4v) is 3.09. The summed E-state index contributed by atoms with van der Waals surface area (Å²) in [5, 5.41) is 8.90. The molecule has 0 spiro atoms. The molecule has 2 aliphatic rings. The Hall–Kier alpha value is -1.55. The second-order valence-electron chi connectivity index (χ2n) is 6.79. The molecule has 1 N–H and O–H groups in total. The second-order valence-corrected chi connectivity index (χ2v) is 6.79. The van der Waals surface area contributed by atoms with Crippen LogP contribution < -0.4 is 4.74 Å². The van der Waals surface area contributed by atoms with Gasteiger partial charge in [0.05, 0.1) is 6.42 Å². The fraction of sp³-hybridized carbons (Fsp3) is 0.588. The molecular formula is C17H23NO3. The molecule has 0 aromatic heterocycles. The Morgan fingerprint density at radius 1 is 1.43 bits per heavy atom. The van der Waals surface area contributed by atoms with E-state index in [2.05, 4.69) is 36.9 Å². The topological polar surface area (TPSA) is 49.8 Å². The van der Waals surface area contributed by atoms with Crippen molar-refractivity contribution in [3.05, 3.63) is 29.3 Å². The molecule has 0 amide bonds. The SMILES string of the molecule is CC1(C)Cc2cccc(CN(CCC(=O)O)C3CC3)c2O1. The van der Waals surface area contributed by atoms with Gasteiger partial charge in [-0.05, 0) is 32.3 Å². The van der Waals surface area contributed by atoms with Crippen molar-refractivity contribution in [2.24, 2.45) is 0 Å². The molecule has 3 rings (SSSR count). The number of carbonyl (C=O) groups is 1. The van der Waals surface area contributed by atoms with Crippen molar-refractivity contribution >= 4 is 5.97 Å². The van der Waals surface area contributed by atoms with Gasteiger partial charge in [-0.1, -0.05) is 18.2 Å². The van der Waals surface area contributed by atoms with Crippen LogP contribution in [-0.4, -0.2) is 34.2 Å². The van der Waals surface area contributed by atoms with Crippen LogP contribution >= 0.6 is 0 Å². The summed E-state index contributed by atoms with van der Waals surface area (Å²) < 4.78 is 6.11. The maximum atomic E-state index is 10.8. The average molecular weight is 289 g/mol. The van der Waals surface area contributed by atoms with E-state index in [0.717, 1.165) is 18.7 Å². The van der Waals surface area contributed by atoms with Crippen molar-refractivity contribution in [3.8, 4) is 5.75 Å². The van der Waals surface area contributed by atoms with Crippen molar-refractivity contribution in [1.82, 2.24) is 4.90 Å². The molecule has 21 heavy (non-hydrogen) atoms. The standard InChI is InChI=1S/C17H23NO3/c1-17(2)10-12-4-3-5-13(16(12)21-17)11-18(14-6-7-14)9-8-15(19)20/h3-5,14H,6-11H2,1-2H3,(H,19,20). The summed E-state index contributed by atoms with van der Waals surface area (Å²) in [6.45, 7) is 5.63. The first-order valence-corrected chi connectivity index (χ1v) is 7.70. The molecule has 0 radical (unpaired) electrons. The largest absolute Gasteiger partial charge is 0.487 e. The monoisotopic (exact) mass is 289 g/mol. The molecule has 4 heteroatoms. The van der Waals surface area contributed by atoms with Gasteiger partial charge < -0.3 is 9.84 Å². The summed E-state index contributed by atoms with van der Waals surface area (Å²) in [7, 11) is 0. The van der Waals surface area contributed by atoms with Crippen LogP contribution in [0, 0.1) is 0 Å². The Bertz CT molecular complexity index is 549. The predicted octanol–water partition coefficient (Wildman–Crippen LogP) is 2.84. The molecule has 1 aliphatic carbocycles. The van der Waals surface area contributed by atoms with Crippen molar-refractivity contribution in [3.63, 3.8) is 0 Å². The van der Waals surface area contributed by atoms with Crippen LogP contribution in [0.25, 0.3) is 0 Å². The zero-order chi connectivity index (χ0) is 15.0. The highest BCUT2D eigenvalue weighted by atomic mass is 16.5. The lowest BCUT2D eigenvalue weighted by atomic mass is 10.0. The van der Waals surface area contributed by atoms with E-state index >= 15 is 0 Å². The van der Waals surface area contributed by atoms with Crippen LogP contribution in [0.3, 0.4) is 0 Å². The average Bonchev–Trinajstić information content (AvgIpc) is 3.16. The van der Waals surface area contributed by atoms with Gasteiger partial charge in [-0.15, -0.1) is 0 Å². The van der Waals surface area contributed by atoms with Gasteiger partial charge in [0.1, 0.15) is 11.4 Å². The van der Waals surface area contributed by atoms with Crippen molar-refractivity contribution < 1.29 is 14.6 Å². The number of carboxylic acid groups (broad SMARTS) is 1. The molecule has 0 atom stereocenters. The van der Waals surface area contributed by atoms with E-state index in [0.29, 0.717) is 12.6 Å². The molecule has 0 saturated heterocycles. The minimum Gasteiger partial charge on any atom is -0.487 e. The van der Waals surface area contributed by atoms with E-state index in [4.69, 9.17) is 9.84 Å². The molecular weight excluding hydrogens is 266 g/mol. The Balaban J connectivity index is 1.75. The first kappa shape index (κ1) is 14.4. The number of benzene rings is 1. The molecule has 1 fully saturated rings. The quantitative estimate of drug-likeness (QED) is 0.875. The minimum absolute atomic E-state index is 0.135. The van der Waals surface area contributed by atoms with Gasteiger partial charge >= 0.3 is 5.97 Å². The number of rotatable bonds is 6. The van der Waals surface area contributed by atoms with E-state index in [-0.39, 0.29) is 12.0 Å². The molecule has 114 valence electrons. The van der Waals surface area contributed by atoms with Crippen molar-refractivity contribution in [1.29, 1.82) is 0 Å². The lowest BCUT2D eigenvalue weighted by molar-refractivity contribution is -0.137. The van der Waals surface area contributed by atoms with Gasteiger partial charge in [-0.2, -0.15) is 0 Å². The number of nitrogens with zero attached hydrogens (tertiary/aromatic N) is 1. The van der Waals surface area contributed by atoms with Crippen LogP contribution in [-0.2, 0) is 17.8 Å². The number of ether oxygens (including phenoxy) is 1. The summed E-state index contributed by atoms with van der Waals surface area (Å²) in [6.07, 6.45) is 3.51. The third kappa shape index (κ3) is 3.38. The molecule has 0 unspecified atom stereocenters. The Labute approximate surface area is 125 Å². The maximum Gasteiger partial charge on any atom is 0.304 e. The van der Waals surface area contributed by atoms with Gasteiger partial charge in [-0.25, -0.2) is 0 Å². The molecule has 1 saturated carbocycles. The maximum absolute atomic E-state index is 10.8. The van der Waals surface area contributed by atoms with Gasteiger partial charge in [0.15, 0.2) is 0 Å². The zero-order valence-corrected chi connectivity index (χ0v) is 12.8. The van der Waals surface area contributed by atoms with Gasteiger partial charge in [-0.3, -0.25) is 9.69 Å². The van der Waals surface area contributed by atoms with Crippen LogP contribution in [0.2, 0.25) is 0 Å². The summed E-state index contributed by atoms with van der Waals surface area (Å²) in [5.74, 6) is 0.291. The highest BCUT2D eigenvalue weighted by Crippen LogP contribution is 2.39. The normalized spacial score (nSPS) is 19.4. The van der Waals surface area contributed by atoms with Crippen molar-refractivity contribution in [2.75, 3.05) is 6.54 Å². The first-order valence-electron chi connectivity index (χ1n) is 7.70. The Kier molecular flexibility index (Phi) is 3.66. The van der Waals surface area contributed by atoms with Crippen LogP contribution in [0.15, 0.2) is 18.2 Å². The van der Waals surface area contributed by atoms with E-state index in [1.165, 1.54) is 24.0 Å². The summed E-state index contributed by atoms with van der Waals surface area (Å²) in [5.41, 5.74) is 2.33. The van der Waals surface area contributed by atoms with Gasteiger partial charge in [0, 0.05) is 31.1 Å². The van der Waals surface area contributed by atoms with Crippen LogP contribution in [0.4, 0.5) is 0 Å². The Morgan fingerprint density at radius 3 is 2.86 bits per heavy atom. The number of para-hydroxylation sites is 1. The Morgan fingerprint density at radius 2 is 2.19 bits per heavy atom. The number of hydrogen-bond acceptors (Lipinski definition) is 3. The number of aliphatic carboxylic acids is 1. The van der Waals surface area contributed by atoms with E-state index < -0.39 is 5.97 Å². The molecule has 1 aromatic rings. The van der Waals surface area contributed by atoms with E-state index in [9.17, 15) is 4.79 Å². The van der Waals surface area contributed by atoms with Gasteiger partial charge in [0.25, 0.3) is 0 Å². The summed E-state index contributed by atoms with van der Waals surface area (Å²) in [4.78, 5) is 13.1. The minimum atomic E-state index is -0.726. The lowest BCUT2D eigenvalue weighted by Crippen LogP contribution is -2.29. The highest BCUT2D eigenvalue weighted by molar-refractivity contribution is 5.66.